The summed E-state index contributed by atoms with van der Waals surface area (Å²) in [6.07, 6.45) is 1.04. The molecule has 16 heavy (non-hydrogen) atoms. The monoisotopic (exact) mass is 219 g/mol. The Morgan fingerprint density at radius 3 is 2.69 bits per heavy atom. The normalized spacial score (nSPS) is 14.9. The number of anilines is 1. The van der Waals surface area contributed by atoms with Crippen LogP contribution in [0, 0.1) is 0 Å². The fraction of sp³-hybridized carbons (Fsp3) is 0.273. The molecule has 0 saturated heterocycles. The van der Waals surface area contributed by atoms with E-state index in [1.165, 1.54) is 0 Å². The summed E-state index contributed by atoms with van der Waals surface area (Å²) in [4.78, 5) is 14.9. The van der Waals surface area contributed by atoms with Crippen molar-refractivity contribution in [2.75, 3.05) is 18.4 Å². The first-order chi connectivity index (χ1) is 7.75. The number of rotatable bonds is 2. The fourth-order valence-electron chi connectivity index (χ4n) is 1.45. The number of nitrogens with one attached hydrogen (secondary N) is 2. The lowest BCUT2D eigenvalue weighted by Crippen LogP contribution is -2.35. The molecular formula is C11H13N3O2. The Labute approximate surface area is 93.2 Å². The molecule has 1 aromatic carbocycles. The van der Waals surface area contributed by atoms with Gasteiger partial charge in [0.1, 0.15) is 0 Å². The molecule has 0 unspecified atom stereocenters. The van der Waals surface area contributed by atoms with E-state index in [1.54, 1.807) is 24.3 Å². The van der Waals surface area contributed by atoms with Crippen molar-refractivity contribution in [3.63, 3.8) is 0 Å². The van der Waals surface area contributed by atoms with Gasteiger partial charge in [-0.05, 0) is 30.7 Å². The van der Waals surface area contributed by atoms with Gasteiger partial charge in [0.05, 0.1) is 5.56 Å². The topological polar surface area (TPSA) is 73.7 Å². The van der Waals surface area contributed by atoms with Gasteiger partial charge in [-0.15, -0.1) is 0 Å². The van der Waals surface area contributed by atoms with Crippen molar-refractivity contribution in [2.24, 2.45) is 4.99 Å². The van der Waals surface area contributed by atoms with E-state index >= 15 is 0 Å². The molecule has 0 fully saturated rings. The van der Waals surface area contributed by atoms with Crippen molar-refractivity contribution in [1.82, 2.24) is 5.32 Å². The van der Waals surface area contributed by atoms with Crippen LogP contribution in [-0.2, 0) is 0 Å². The molecule has 84 valence electrons. The molecular weight excluding hydrogens is 206 g/mol. The van der Waals surface area contributed by atoms with Gasteiger partial charge in [-0.1, -0.05) is 0 Å². The summed E-state index contributed by atoms with van der Waals surface area (Å²) in [6.45, 7) is 1.74. The molecule has 0 aliphatic carbocycles. The summed E-state index contributed by atoms with van der Waals surface area (Å²) < 4.78 is 0. The van der Waals surface area contributed by atoms with Crippen LogP contribution in [0.15, 0.2) is 29.3 Å². The number of aliphatic imine (C=N–C) groups is 1. The first-order valence-corrected chi connectivity index (χ1v) is 5.14. The highest BCUT2D eigenvalue weighted by Crippen LogP contribution is 2.09. The van der Waals surface area contributed by atoms with E-state index < -0.39 is 5.97 Å². The van der Waals surface area contributed by atoms with Gasteiger partial charge in [-0.2, -0.15) is 0 Å². The molecule has 0 radical (unpaired) electrons. The molecule has 0 spiro atoms. The summed E-state index contributed by atoms with van der Waals surface area (Å²) in [7, 11) is 0. The summed E-state index contributed by atoms with van der Waals surface area (Å²) in [5.41, 5.74) is 1.11. The second-order valence-electron chi connectivity index (χ2n) is 3.52. The number of carbonyl (C=O) groups is 1. The molecule has 0 saturated carbocycles. The van der Waals surface area contributed by atoms with Crippen LogP contribution < -0.4 is 10.6 Å². The molecule has 0 bridgehead atoms. The van der Waals surface area contributed by atoms with Crippen LogP contribution in [-0.4, -0.2) is 30.1 Å². The smallest absolute Gasteiger partial charge is 0.335 e. The lowest BCUT2D eigenvalue weighted by molar-refractivity contribution is 0.0697. The number of carboxylic acids is 1. The van der Waals surface area contributed by atoms with E-state index in [1.807, 2.05) is 0 Å². The Kier molecular flexibility index (Phi) is 3.05. The highest BCUT2D eigenvalue weighted by Gasteiger charge is 2.05. The van der Waals surface area contributed by atoms with E-state index in [0.29, 0.717) is 0 Å². The number of benzene rings is 1. The summed E-state index contributed by atoms with van der Waals surface area (Å²) >= 11 is 0. The Morgan fingerprint density at radius 1 is 1.38 bits per heavy atom. The maximum atomic E-state index is 10.6. The zero-order chi connectivity index (χ0) is 11.4. The van der Waals surface area contributed by atoms with Gasteiger partial charge >= 0.3 is 5.97 Å². The average molecular weight is 219 g/mol. The van der Waals surface area contributed by atoms with Gasteiger partial charge in [0.2, 0.25) is 0 Å². The second-order valence-corrected chi connectivity index (χ2v) is 3.52. The van der Waals surface area contributed by atoms with Gasteiger partial charge < -0.3 is 15.7 Å². The lowest BCUT2D eigenvalue weighted by atomic mass is 10.2. The lowest BCUT2D eigenvalue weighted by Gasteiger charge is -2.15. The summed E-state index contributed by atoms with van der Waals surface area (Å²) in [5, 5.41) is 15.0. The van der Waals surface area contributed by atoms with Gasteiger partial charge in [-0.3, -0.25) is 4.99 Å². The van der Waals surface area contributed by atoms with Crippen molar-refractivity contribution >= 4 is 17.6 Å². The molecule has 5 nitrogen and oxygen atoms in total. The van der Waals surface area contributed by atoms with Crippen LogP contribution in [0.5, 0.6) is 0 Å². The van der Waals surface area contributed by atoms with E-state index in [2.05, 4.69) is 15.6 Å². The minimum Gasteiger partial charge on any atom is -0.478 e. The maximum absolute atomic E-state index is 10.6. The fourth-order valence-corrected chi connectivity index (χ4v) is 1.45. The van der Waals surface area contributed by atoms with Crippen LogP contribution in [0.4, 0.5) is 5.69 Å². The molecule has 0 amide bonds. The minimum atomic E-state index is -0.917. The summed E-state index contributed by atoms with van der Waals surface area (Å²) in [6, 6.07) is 6.58. The Morgan fingerprint density at radius 2 is 2.12 bits per heavy atom. The van der Waals surface area contributed by atoms with Crippen molar-refractivity contribution < 1.29 is 9.90 Å². The number of hydrogen-bond acceptors (Lipinski definition) is 4. The predicted octanol–water partition coefficient (Wildman–Crippen LogP) is 1.15. The van der Waals surface area contributed by atoms with Crippen molar-refractivity contribution in [2.45, 2.75) is 6.42 Å². The molecule has 1 aliphatic heterocycles. The van der Waals surface area contributed by atoms with Gasteiger partial charge in [-0.25, -0.2) is 4.79 Å². The first kappa shape index (κ1) is 10.5. The Balaban J connectivity index is 2.04. The van der Waals surface area contributed by atoms with Crippen LogP contribution >= 0.6 is 0 Å². The third kappa shape index (κ3) is 2.50. The average Bonchev–Trinajstić information content (AvgIpc) is 2.31. The van der Waals surface area contributed by atoms with Crippen LogP contribution in [0.3, 0.4) is 0 Å². The molecule has 0 aromatic heterocycles. The third-order valence-corrected chi connectivity index (χ3v) is 2.29. The van der Waals surface area contributed by atoms with E-state index in [9.17, 15) is 4.79 Å². The molecule has 1 heterocycles. The predicted molar refractivity (Wildman–Crippen MR) is 61.9 cm³/mol. The van der Waals surface area contributed by atoms with Crippen molar-refractivity contribution in [3.8, 4) is 0 Å². The van der Waals surface area contributed by atoms with Crippen molar-refractivity contribution in [3.05, 3.63) is 29.8 Å². The molecule has 2 rings (SSSR count). The molecule has 1 aliphatic rings. The molecule has 3 N–H and O–H groups in total. The number of nitrogens with zero attached hydrogens (tertiary/aromatic N) is 1. The Bertz CT molecular complexity index is 412. The highest BCUT2D eigenvalue weighted by molar-refractivity contribution is 5.94. The van der Waals surface area contributed by atoms with Gasteiger partial charge in [0.25, 0.3) is 0 Å². The third-order valence-electron chi connectivity index (χ3n) is 2.29. The minimum absolute atomic E-state index is 0.282. The Hall–Kier alpha value is -2.04. The molecule has 0 atom stereocenters. The maximum Gasteiger partial charge on any atom is 0.335 e. The van der Waals surface area contributed by atoms with Gasteiger partial charge in [0, 0.05) is 18.8 Å². The number of carboxylic acid groups (broad SMARTS) is 1. The van der Waals surface area contributed by atoms with Crippen LogP contribution in [0.1, 0.15) is 16.8 Å². The standard InChI is InChI=1S/C11H13N3O2/c15-10(16)8-2-4-9(5-3-8)14-11-12-6-1-7-13-11/h2-5H,1,6-7H2,(H,15,16)(H2,12,13,14). The van der Waals surface area contributed by atoms with Crippen LogP contribution in [0.2, 0.25) is 0 Å². The number of hydrogen-bond donors (Lipinski definition) is 3. The zero-order valence-corrected chi connectivity index (χ0v) is 8.73. The highest BCUT2D eigenvalue weighted by atomic mass is 16.4. The molecule has 1 aromatic rings. The summed E-state index contributed by atoms with van der Waals surface area (Å²) in [5.74, 6) is -0.172. The van der Waals surface area contributed by atoms with E-state index in [-0.39, 0.29) is 5.56 Å². The zero-order valence-electron chi connectivity index (χ0n) is 8.73. The first-order valence-electron chi connectivity index (χ1n) is 5.14. The number of aromatic carboxylic acids is 1. The second kappa shape index (κ2) is 4.65. The number of guanidine groups is 1. The van der Waals surface area contributed by atoms with Gasteiger partial charge in [0.15, 0.2) is 5.96 Å². The SMILES string of the molecule is O=C(O)c1ccc(NC2=NCCCN2)cc1. The molecule has 5 heteroatoms. The van der Waals surface area contributed by atoms with E-state index in [0.717, 1.165) is 31.2 Å². The van der Waals surface area contributed by atoms with E-state index in [4.69, 9.17) is 5.11 Å². The van der Waals surface area contributed by atoms with Crippen molar-refractivity contribution in [1.29, 1.82) is 0 Å². The largest absolute Gasteiger partial charge is 0.478 e. The van der Waals surface area contributed by atoms with Crippen LogP contribution in [0.25, 0.3) is 0 Å². The quantitative estimate of drug-likeness (QED) is 0.697.